The van der Waals surface area contributed by atoms with Crippen molar-refractivity contribution < 1.29 is 14.3 Å². The van der Waals surface area contributed by atoms with Gasteiger partial charge in [-0.2, -0.15) is 0 Å². The van der Waals surface area contributed by atoms with Gasteiger partial charge in [0, 0.05) is 13.0 Å². The maximum absolute atomic E-state index is 11.6. The summed E-state index contributed by atoms with van der Waals surface area (Å²) in [5.41, 5.74) is 0. The molecule has 3 nitrogen and oxygen atoms in total. The average molecular weight is 323 g/mol. The molecule has 0 aliphatic carbocycles. The van der Waals surface area contributed by atoms with Gasteiger partial charge in [-0.3, -0.25) is 0 Å². The molecule has 0 aliphatic rings. The highest BCUT2D eigenvalue weighted by Gasteiger charge is 2.34. The molecule has 0 rings (SSSR count). The largest absolute Gasteiger partial charge is 0.379 e. The number of hydrogen-bond acceptors (Lipinski definition) is 5. The molecule has 0 fully saturated rings. The Kier molecular flexibility index (Phi) is 12.1. The maximum Gasteiger partial charge on any atom is 0.146 e. The van der Waals surface area contributed by atoms with E-state index in [-0.39, 0.29) is 10.2 Å². The molecular formula is C15H30O3S2. The first-order valence-electron chi connectivity index (χ1n) is 7.48. The van der Waals surface area contributed by atoms with E-state index in [1.807, 2.05) is 6.92 Å². The lowest BCUT2D eigenvalue weighted by Crippen LogP contribution is -2.34. The smallest absolute Gasteiger partial charge is 0.146 e. The summed E-state index contributed by atoms with van der Waals surface area (Å²) in [6, 6.07) is 0. The monoisotopic (exact) mass is 322 g/mol. The minimum atomic E-state index is -0.371. The standard InChI is InChI=1S/C15H30O3S2/c1-6-17-9-10-18-14(13(4)5)11-15(12-16,19-7-2)20-8-3/h12-14H,6-11H2,1-5H3. The zero-order valence-corrected chi connectivity index (χ0v) is 15.1. The zero-order chi connectivity index (χ0) is 15.4. The Morgan fingerprint density at radius 1 is 1.10 bits per heavy atom. The number of hydrogen-bond donors (Lipinski definition) is 0. The van der Waals surface area contributed by atoms with Crippen LogP contribution in [0.1, 0.15) is 41.0 Å². The molecular weight excluding hydrogens is 292 g/mol. The fraction of sp³-hybridized carbons (Fsp3) is 0.933. The van der Waals surface area contributed by atoms with E-state index >= 15 is 0 Å². The van der Waals surface area contributed by atoms with Gasteiger partial charge in [0.25, 0.3) is 0 Å². The lowest BCUT2D eigenvalue weighted by molar-refractivity contribution is -0.109. The first-order valence-corrected chi connectivity index (χ1v) is 9.45. The predicted octanol–water partition coefficient (Wildman–Crippen LogP) is 3.86. The minimum absolute atomic E-state index is 0.0961. The summed E-state index contributed by atoms with van der Waals surface area (Å²) in [6.45, 7) is 12.4. The Bertz CT molecular complexity index is 241. The van der Waals surface area contributed by atoms with Crippen molar-refractivity contribution in [2.24, 2.45) is 5.92 Å². The van der Waals surface area contributed by atoms with Gasteiger partial charge in [0.2, 0.25) is 0 Å². The summed E-state index contributed by atoms with van der Waals surface area (Å²) >= 11 is 3.44. The molecule has 0 saturated carbocycles. The minimum Gasteiger partial charge on any atom is -0.379 e. The van der Waals surface area contributed by atoms with Crippen LogP contribution in [-0.2, 0) is 14.3 Å². The highest BCUT2D eigenvalue weighted by atomic mass is 32.2. The average Bonchev–Trinajstić information content (AvgIpc) is 2.42. The van der Waals surface area contributed by atoms with Crippen LogP contribution in [0.15, 0.2) is 0 Å². The van der Waals surface area contributed by atoms with Gasteiger partial charge in [0.1, 0.15) is 10.4 Å². The quantitative estimate of drug-likeness (QED) is 0.292. The van der Waals surface area contributed by atoms with E-state index in [0.717, 1.165) is 24.2 Å². The molecule has 0 saturated heterocycles. The Labute approximate surface area is 132 Å². The number of ether oxygens (including phenoxy) is 2. The third kappa shape index (κ3) is 7.91. The number of carbonyl (C=O) groups is 1. The van der Waals surface area contributed by atoms with Crippen LogP contribution in [0, 0.1) is 5.92 Å². The molecule has 0 aromatic carbocycles. The normalized spacial score (nSPS) is 13.7. The predicted molar refractivity (Wildman–Crippen MR) is 90.7 cm³/mol. The van der Waals surface area contributed by atoms with Gasteiger partial charge in [-0.1, -0.05) is 27.7 Å². The molecule has 0 aliphatic heterocycles. The van der Waals surface area contributed by atoms with Crippen molar-refractivity contribution >= 4 is 29.8 Å². The number of thioether (sulfide) groups is 2. The Balaban J connectivity index is 4.59. The summed E-state index contributed by atoms with van der Waals surface area (Å²) in [5, 5.41) is 0. The van der Waals surface area contributed by atoms with E-state index in [4.69, 9.17) is 9.47 Å². The maximum atomic E-state index is 11.6. The van der Waals surface area contributed by atoms with E-state index in [1.165, 1.54) is 0 Å². The molecule has 1 atom stereocenters. The van der Waals surface area contributed by atoms with Crippen LogP contribution in [0.3, 0.4) is 0 Å². The van der Waals surface area contributed by atoms with Crippen LogP contribution in [0.25, 0.3) is 0 Å². The van der Waals surface area contributed by atoms with Crippen LogP contribution in [0.4, 0.5) is 0 Å². The molecule has 0 amide bonds. The first kappa shape index (κ1) is 20.3. The molecule has 5 heteroatoms. The third-order valence-electron chi connectivity index (χ3n) is 2.95. The highest BCUT2D eigenvalue weighted by Crippen LogP contribution is 2.40. The van der Waals surface area contributed by atoms with Gasteiger partial charge in [0.05, 0.1) is 19.3 Å². The van der Waals surface area contributed by atoms with Gasteiger partial charge in [-0.15, -0.1) is 23.5 Å². The van der Waals surface area contributed by atoms with Crippen LogP contribution >= 0.6 is 23.5 Å². The molecule has 120 valence electrons. The van der Waals surface area contributed by atoms with Crippen molar-refractivity contribution in [2.45, 2.75) is 51.2 Å². The van der Waals surface area contributed by atoms with Crippen molar-refractivity contribution in [1.29, 1.82) is 0 Å². The van der Waals surface area contributed by atoms with Crippen molar-refractivity contribution in [2.75, 3.05) is 31.3 Å². The lowest BCUT2D eigenvalue weighted by atomic mass is 10.0. The topological polar surface area (TPSA) is 35.5 Å². The van der Waals surface area contributed by atoms with Gasteiger partial charge >= 0.3 is 0 Å². The van der Waals surface area contributed by atoms with Crippen molar-refractivity contribution in [3.63, 3.8) is 0 Å². The number of aldehydes is 1. The highest BCUT2D eigenvalue weighted by molar-refractivity contribution is 8.19. The molecule has 0 N–H and O–H groups in total. The number of carbonyl (C=O) groups excluding carboxylic acids is 1. The second kappa shape index (κ2) is 11.9. The second-order valence-electron chi connectivity index (χ2n) is 4.85. The SMILES string of the molecule is CCOCCOC(CC(C=O)(SCC)SCC)C(C)C. The molecule has 0 aromatic heterocycles. The first-order chi connectivity index (χ1) is 9.55. The van der Waals surface area contributed by atoms with Gasteiger partial charge < -0.3 is 14.3 Å². The molecule has 0 heterocycles. The Hall–Kier alpha value is 0.290. The third-order valence-corrected chi connectivity index (χ3v) is 5.74. The lowest BCUT2D eigenvalue weighted by Gasteiger charge is -2.32. The van der Waals surface area contributed by atoms with Gasteiger partial charge in [-0.05, 0) is 24.3 Å². The fourth-order valence-corrected chi connectivity index (χ4v) is 4.65. The molecule has 0 bridgehead atoms. The summed E-state index contributed by atoms with van der Waals surface area (Å²) in [4.78, 5) is 11.6. The van der Waals surface area contributed by atoms with Crippen molar-refractivity contribution in [3.05, 3.63) is 0 Å². The van der Waals surface area contributed by atoms with E-state index in [0.29, 0.717) is 25.7 Å². The molecule has 1 unspecified atom stereocenters. The zero-order valence-electron chi connectivity index (χ0n) is 13.5. The summed E-state index contributed by atoms with van der Waals surface area (Å²) in [5.74, 6) is 2.27. The molecule has 0 radical (unpaired) electrons. The Morgan fingerprint density at radius 2 is 1.70 bits per heavy atom. The van der Waals surface area contributed by atoms with Crippen molar-refractivity contribution in [3.8, 4) is 0 Å². The van der Waals surface area contributed by atoms with Crippen LogP contribution in [0.5, 0.6) is 0 Å². The molecule has 0 spiro atoms. The van der Waals surface area contributed by atoms with Crippen LogP contribution in [-0.4, -0.2) is 47.8 Å². The summed E-state index contributed by atoms with van der Waals surface area (Å²) < 4.78 is 10.9. The van der Waals surface area contributed by atoms with E-state index in [9.17, 15) is 4.79 Å². The van der Waals surface area contributed by atoms with E-state index in [2.05, 4.69) is 27.7 Å². The van der Waals surface area contributed by atoms with Gasteiger partial charge in [-0.25, -0.2) is 0 Å². The molecule has 20 heavy (non-hydrogen) atoms. The van der Waals surface area contributed by atoms with E-state index in [1.54, 1.807) is 23.5 Å². The number of rotatable bonds is 13. The summed E-state index contributed by atoms with van der Waals surface area (Å²) in [7, 11) is 0. The summed E-state index contributed by atoms with van der Waals surface area (Å²) in [6.07, 6.45) is 1.97. The fourth-order valence-electron chi connectivity index (χ4n) is 1.93. The van der Waals surface area contributed by atoms with E-state index < -0.39 is 0 Å². The van der Waals surface area contributed by atoms with Gasteiger partial charge in [0.15, 0.2) is 0 Å². The second-order valence-corrected chi connectivity index (χ2v) is 8.30. The van der Waals surface area contributed by atoms with Crippen LogP contribution < -0.4 is 0 Å². The Morgan fingerprint density at radius 3 is 2.10 bits per heavy atom. The van der Waals surface area contributed by atoms with Crippen LogP contribution in [0.2, 0.25) is 0 Å². The van der Waals surface area contributed by atoms with Crippen molar-refractivity contribution in [1.82, 2.24) is 0 Å². The molecule has 0 aromatic rings.